The molecule has 3 heterocycles. The van der Waals surface area contributed by atoms with Crippen LogP contribution in [0.4, 0.5) is 23.4 Å². The molecule has 0 spiro atoms. The zero-order valence-electron chi connectivity index (χ0n) is 12.8. The number of piperazine rings is 1. The number of anilines is 1. The molecule has 1 fully saturated rings. The van der Waals surface area contributed by atoms with Gasteiger partial charge in [0.05, 0.1) is 17.8 Å². The summed E-state index contributed by atoms with van der Waals surface area (Å²) in [7, 11) is 0. The predicted octanol–water partition coefficient (Wildman–Crippen LogP) is 2.48. The minimum atomic E-state index is -4.41. The zero-order valence-corrected chi connectivity index (χ0v) is 12.8. The van der Waals surface area contributed by atoms with Crippen LogP contribution in [0.3, 0.4) is 0 Å². The number of halogens is 4. The second-order valence-corrected chi connectivity index (χ2v) is 5.73. The molecule has 3 rings (SSSR count). The van der Waals surface area contributed by atoms with E-state index in [9.17, 15) is 17.6 Å². The topological polar surface area (TPSA) is 48.1 Å². The molecule has 24 heavy (non-hydrogen) atoms. The number of hydrogen-bond donors (Lipinski definition) is 1. The number of H-pyrrole nitrogens is 1. The molecule has 1 saturated heterocycles. The Morgan fingerprint density at radius 1 is 1.21 bits per heavy atom. The summed E-state index contributed by atoms with van der Waals surface area (Å²) in [6, 6.07) is 2.01. The Labute approximate surface area is 136 Å². The molecule has 1 unspecified atom stereocenters. The van der Waals surface area contributed by atoms with Gasteiger partial charge in [0.15, 0.2) is 0 Å². The van der Waals surface area contributed by atoms with Crippen molar-refractivity contribution in [3.8, 4) is 0 Å². The number of nitrogens with zero attached hydrogens (tertiary/aromatic N) is 4. The number of pyridine rings is 1. The minimum Gasteiger partial charge on any atom is -0.354 e. The predicted molar refractivity (Wildman–Crippen MR) is 80.2 cm³/mol. The van der Waals surface area contributed by atoms with E-state index in [1.807, 2.05) is 9.80 Å². The van der Waals surface area contributed by atoms with Gasteiger partial charge in [0, 0.05) is 44.1 Å². The van der Waals surface area contributed by atoms with Crippen molar-refractivity contribution in [2.75, 3.05) is 31.2 Å². The van der Waals surface area contributed by atoms with Gasteiger partial charge in [-0.25, -0.2) is 9.37 Å². The van der Waals surface area contributed by atoms with Gasteiger partial charge in [0.2, 0.25) is 0 Å². The summed E-state index contributed by atoms with van der Waals surface area (Å²) in [6.45, 7) is 1.61. The average molecular weight is 343 g/mol. The van der Waals surface area contributed by atoms with Crippen molar-refractivity contribution in [1.29, 1.82) is 0 Å². The fraction of sp³-hybridized carbons (Fsp3) is 0.467. The Balaban J connectivity index is 1.67. The molecule has 0 bridgehead atoms. The molecule has 1 atom stereocenters. The Kier molecular flexibility index (Phi) is 4.70. The van der Waals surface area contributed by atoms with Crippen LogP contribution in [-0.4, -0.2) is 52.4 Å². The second kappa shape index (κ2) is 6.76. The highest BCUT2D eigenvalue weighted by molar-refractivity contribution is 5.40. The van der Waals surface area contributed by atoms with Gasteiger partial charge in [0.25, 0.3) is 0 Å². The second-order valence-electron chi connectivity index (χ2n) is 5.73. The van der Waals surface area contributed by atoms with E-state index in [-0.39, 0.29) is 6.04 Å². The van der Waals surface area contributed by atoms with Crippen molar-refractivity contribution in [3.63, 3.8) is 0 Å². The number of nitrogens with one attached hydrogen (secondary N) is 1. The van der Waals surface area contributed by atoms with Crippen molar-refractivity contribution in [3.05, 3.63) is 41.9 Å². The fourth-order valence-electron chi connectivity index (χ4n) is 2.79. The lowest BCUT2D eigenvalue weighted by atomic mass is 10.1. The zero-order chi connectivity index (χ0) is 17.2. The van der Waals surface area contributed by atoms with Crippen LogP contribution < -0.4 is 4.90 Å². The van der Waals surface area contributed by atoms with Gasteiger partial charge in [-0.3, -0.25) is 10.00 Å². The summed E-state index contributed by atoms with van der Waals surface area (Å²) in [5.74, 6) is 0.435. The van der Waals surface area contributed by atoms with Gasteiger partial charge in [-0.2, -0.15) is 18.3 Å². The van der Waals surface area contributed by atoms with Gasteiger partial charge in [-0.1, -0.05) is 0 Å². The van der Waals surface area contributed by atoms with E-state index in [1.165, 1.54) is 6.07 Å². The Morgan fingerprint density at radius 2 is 2.04 bits per heavy atom. The summed E-state index contributed by atoms with van der Waals surface area (Å²) in [5.41, 5.74) is 0.182. The van der Waals surface area contributed by atoms with Crippen LogP contribution in [0, 0.1) is 0 Å². The molecule has 0 amide bonds. The molecule has 5 nitrogen and oxygen atoms in total. The molecular weight excluding hydrogens is 326 g/mol. The molecule has 2 aromatic heterocycles. The van der Waals surface area contributed by atoms with Gasteiger partial charge in [0.1, 0.15) is 12.5 Å². The molecule has 9 heteroatoms. The average Bonchev–Trinajstić information content (AvgIpc) is 3.07. The lowest BCUT2D eigenvalue weighted by molar-refractivity contribution is -0.137. The number of hydrogen-bond acceptors (Lipinski definition) is 4. The van der Waals surface area contributed by atoms with Crippen molar-refractivity contribution in [2.24, 2.45) is 0 Å². The van der Waals surface area contributed by atoms with E-state index >= 15 is 0 Å². The number of aromatic nitrogens is 3. The van der Waals surface area contributed by atoms with E-state index in [1.54, 1.807) is 12.4 Å². The van der Waals surface area contributed by atoms with Crippen LogP contribution >= 0.6 is 0 Å². The highest BCUT2D eigenvalue weighted by Gasteiger charge is 2.32. The first-order chi connectivity index (χ1) is 11.5. The van der Waals surface area contributed by atoms with Crippen molar-refractivity contribution in [2.45, 2.75) is 18.8 Å². The molecule has 0 saturated carbocycles. The van der Waals surface area contributed by atoms with E-state index in [4.69, 9.17) is 0 Å². The normalized spacial score (nSPS) is 19.7. The number of aromatic amines is 1. The highest BCUT2D eigenvalue weighted by atomic mass is 19.4. The van der Waals surface area contributed by atoms with E-state index < -0.39 is 18.4 Å². The van der Waals surface area contributed by atoms with E-state index in [2.05, 4.69) is 15.2 Å². The first-order valence-corrected chi connectivity index (χ1v) is 7.53. The molecule has 1 N–H and O–H groups in total. The highest BCUT2D eigenvalue weighted by Crippen LogP contribution is 2.29. The molecule has 0 radical (unpaired) electrons. The molecule has 0 aromatic carbocycles. The van der Waals surface area contributed by atoms with Crippen LogP contribution in [0.1, 0.15) is 11.1 Å². The van der Waals surface area contributed by atoms with Crippen molar-refractivity contribution in [1.82, 2.24) is 20.1 Å². The van der Waals surface area contributed by atoms with Crippen LogP contribution in [0.2, 0.25) is 0 Å². The first-order valence-electron chi connectivity index (χ1n) is 7.53. The standard InChI is InChI=1S/C15H17F4N5/c16-5-13-10-24(4-3-23(13)9-11-6-21-22-7-11)14-2-1-12(8-20-14)15(17,18)19/h1-2,6-8,13H,3-5,9-10H2,(H,21,22). The van der Waals surface area contributed by atoms with Crippen LogP contribution in [0.15, 0.2) is 30.7 Å². The Bertz CT molecular complexity index is 641. The molecule has 1 aliphatic rings. The lowest BCUT2D eigenvalue weighted by Gasteiger charge is -2.40. The summed E-state index contributed by atoms with van der Waals surface area (Å²) < 4.78 is 51.2. The van der Waals surface area contributed by atoms with Crippen LogP contribution in [0.25, 0.3) is 0 Å². The van der Waals surface area contributed by atoms with Gasteiger partial charge >= 0.3 is 6.18 Å². The largest absolute Gasteiger partial charge is 0.417 e. The van der Waals surface area contributed by atoms with E-state index in [0.717, 1.165) is 17.8 Å². The summed E-state index contributed by atoms with van der Waals surface area (Å²) in [6.07, 6.45) is -0.133. The number of alkyl halides is 4. The molecule has 2 aromatic rings. The van der Waals surface area contributed by atoms with Crippen molar-refractivity contribution < 1.29 is 17.6 Å². The minimum absolute atomic E-state index is 0.335. The molecule has 0 aliphatic carbocycles. The van der Waals surface area contributed by atoms with E-state index in [0.29, 0.717) is 32.0 Å². The monoisotopic (exact) mass is 343 g/mol. The molecule has 130 valence electrons. The molecule has 1 aliphatic heterocycles. The third kappa shape index (κ3) is 3.66. The number of rotatable bonds is 4. The summed E-state index contributed by atoms with van der Waals surface area (Å²) in [5, 5.41) is 6.59. The fourth-order valence-corrected chi connectivity index (χ4v) is 2.79. The Hall–Kier alpha value is -2.16. The molecular formula is C15H17F4N5. The maximum atomic E-state index is 13.4. The summed E-state index contributed by atoms with van der Waals surface area (Å²) in [4.78, 5) is 7.71. The Morgan fingerprint density at radius 3 is 2.62 bits per heavy atom. The van der Waals surface area contributed by atoms with Gasteiger partial charge < -0.3 is 4.90 Å². The first kappa shape index (κ1) is 16.7. The maximum absolute atomic E-state index is 13.4. The third-order valence-electron chi connectivity index (χ3n) is 4.12. The third-order valence-corrected chi connectivity index (χ3v) is 4.12. The van der Waals surface area contributed by atoms with Crippen LogP contribution in [0.5, 0.6) is 0 Å². The SMILES string of the molecule is FCC1CN(c2ccc(C(F)(F)F)cn2)CCN1Cc1cn[nH]c1. The van der Waals surface area contributed by atoms with Crippen molar-refractivity contribution >= 4 is 5.82 Å². The smallest absolute Gasteiger partial charge is 0.354 e. The maximum Gasteiger partial charge on any atom is 0.417 e. The summed E-state index contributed by atoms with van der Waals surface area (Å²) >= 11 is 0. The van der Waals surface area contributed by atoms with Gasteiger partial charge in [-0.05, 0) is 12.1 Å². The lowest BCUT2D eigenvalue weighted by Crippen LogP contribution is -2.54. The van der Waals surface area contributed by atoms with Crippen LogP contribution in [-0.2, 0) is 12.7 Å². The quantitative estimate of drug-likeness (QED) is 0.867. The van der Waals surface area contributed by atoms with Gasteiger partial charge in [-0.15, -0.1) is 0 Å².